The van der Waals surface area contributed by atoms with Crippen molar-refractivity contribution in [2.24, 2.45) is 28.4 Å². The van der Waals surface area contributed by atoms with Crippen LogP contribution in [0.1, 0.15) is 66.7 Å². The van der Waals surface area contributed by atoms with Crippen molar-refractivity contribution in [2.75, 3.05) is 0 Å². The van der Waals surface area contributed by atoms with Crippen molar-refractivity contribution in [1.82, 2.24) is 0 Å². The second kappa shape index (κ2) is 6.88. The van der Waals surface area contributed by atoms with Crippen LogP contribution in [0.25, 0.3) is 0 Å². The Kier molecular flexibility index (Phi) is 6.02. The van der Waals surface area contributed by atoms with Gasteiger partial charge in [0.2, 0.25) is 17.8 Å². The molecule has 0 saturated heterocycles. The van der Waals surface area contributed by atoms with Gasteiger partial charge < -0.3 is 5.73 Å². The number of ketones is 1. The molecule has 0 atom stereocenters. The second-order valence-electron chi connectivity index (χ2n) is 8.18. The summed E-state index contributed by atoms with van der Waals surface area (Å²) in [5.41, 5.74) is 3.40. The fourth-order valence-electron chi connectivity index (χ4n) is 3.89. The molecule has 0 heterocycles. The average Bonchev–Trinajstić information content (AvgIpc) is 2.40. The maximum Gasteiger partial charge on any atom is 0.250 e. The summed E-state index contributed by atoms with van der Waals surface area (Å²) in [6.07, 6.45) is -0.886. The lowest BCUT2D eigenvalue weighted by molar-refractivity contribution is -0.188. The number of hydrogen-bond acceptors (Lipinski definition) is 2. The van der Waals surface area contributed by atoms with Crippen LogP contribution in [0.2, 0.25) is 0 Å². The summed E-state index contributed by atoms with van der Waals surface area (Å²) in [7, 11) is 0. The van der Waals surface area contributed by atoms with Gasteiger partial charge in [0, 0.05) is 37.5 Å². The Morgan fingerprint density at radius 2 is 1.16 bits per heavy atom. The molecule has 25 heavy (non-hydrogen) atoms. The maximum atomic E-state index is 12.7. The van der Waals surface area contributed by atoms with E-state index < -0.39 is 28.6 Å². The number of alkyl halides is 4. The molecule has 0 radical (unpaired) electrons. The summed E-state index contributed by atoms with van der Waals surface area (Å²) in [5, 5.41) is 0. The van der Waals surface area contributed by atoms with E-state index in [1.807, 2.05) is 13.8 Å². The summed E-state index contributed by atoms with van der Waals surface area (Å²) in [4.78, 5) is 22.4. The van der Waals surface area contributed by atoms with Crippen molar-refractivity contribution in [3.63, 3.8) is 0 Å². The first-order valence-corrected chi connectivity index (χ1v) is 8.73. The Hall–Kier alpha value is -1.14. The number of hydrogen-bond donors (Lipinski definition) is 1. The van der Waals surface area contributed by atoms with Crippen LogP contribution in [-0.2, 0) is 9.59 Å². The van der Waals surface area contributed by atoms with Crippen molar-refractivity contribution in [1.29, 1.82) is 0 Å². The van der Waals surface area contributed by atoms with E-state index in [1.54, 1.807) is 20.8 Å². The molecule has 3 nitrogen and oxygen atoms in total. The van der Waals surface area contributed by atoms with Gasteiger partial charge in [-0.2, -0.15) is 0 Å². The van der Waals surface area contributed by atoms with Crippen LogP contribution in [0.4, 0.5) is 17.6 Å². The van der Waals surface area contributed by atoms with E-state index in [9.17, 15) is 27.2 Å². The zero-order valence-electron chi connectivity index (χ0n) is 15.6. The SMILES string of the molecule is CC(C)C1(C(N)=O)CC(F)(F)C1.CCC(=O)C1(C(C)C)CC(F)(F)C1. The van der Waals surface area contributed by atoms with Gasteiger partial charge in [0.05, 0.1) is 5.41 Å². The Labute approximate surface area is 146 Å². The quantitative estimate of drug-likeness (QED) is 0.723. The van der Waals surface area contributed by atoms with E-state index in [1.165, 1.54) is 0 Å². The third kappa shape index (κ3) is 4.17. The van der Waals surface area contributed by atoms with Crippen molar-refractivity contribution in [2.45, 2.75) is 78.6 Å². The predicted molar refractivity (Wildman–Crippen MR) is 87.4 cm³/mol. The van der Waals surface area contributed by atoms with E-state index >= 15 is 0 Å². The molecular formula is C18H29F4NO2. The van der Waals surface area contributed by atoms with Crippen molar-refractivity contribution < 1.29 is 27.2 Å². The molecule has 0 bridgehead atoms. The van der Waals surface area contributed by atoms with E-state index in [0.717, 1.165) is 0 Å². The monoisotopic (exact) mass is 367 g/mol. The smallest absolute Gasteiger partial charge is 0.250 e. The van der Waals surface area contributed by atoms with Gasteiger partial charge in [-0.3, -0.25) is 9.59 Å². The summed E-state index contributed by atoms with van der Waals surface area (Å²) in [6.45, 7) is 8.94. The van der Waals surface area contributed by atoms with Crippen LogP contribution in [0.15, 0.2) is 0 Å². The molecule has 0 unspecified atom stereocenters. The van der Waals surface area contributed by atoms with Crippen molar-refractivity contribution in [3.8, 4) is 0 Å². The van der Waals surface area contributed by atoms with E-state index in [-0.39, 0.29) is 43.3 Å². The molecule has 0 aromatic heterocycles. The highest BCUT2D eigenvalue weighted by Gasteiger charge is 2.62. The first-order valence-electron chi connectivity index (χ1n) is 8.73. The number of Topliss-reactive ketones (excluding diaryl/α,β-unsaturated/α-hetero) is 1. The summed E-state index contributed by atoms with van der Waals surface area (Å²) < 4.78 is 50.6. The minimum atomic E-state index is -2.68. The van der Waals surface area contributed by atoms with E-state index in [0.29, 0.717) is 6.42 Å². The standard InChI is InChI=1S/C10H16F2O.C8H13F2NO/c1-4-8(13)9(7(2)3)5-10(11,12)6-9;1-5(2)7(6(11)12)3-8(9,10)4-7/h7H,4-6H2,1-3H3;5H,3-4H2,1-2H3,(H2,11,12). The van der Waals surface area contributed by atoms with Gasteiger partial charge in [-0.15, -0.1) is 0 Å². The molecular weight excluding hydrogens is 338 g/mol. The van der Waals surface area contributed by atoms with Gasteiger partial charge in [0.15, 0.2) is 0 Å². The highest BCUT2D eigenvalue weighted by atomic mass is 19.3. The molecule has 1 amide bonds. The lowest BCUT2D eigenvalue weighted by Crippen LogP contribution is -2.56. The molecule has 146 valence electrons. The normalized spacial score (nSPS) is 24.6. The summed E-state index contributed by atoms with van der Waals surface area (Å²) in [6, 6.07) is 0. The molecule has 0 aromatic carbocycles. The molecule has 2 aliphatic rings. The Morgan fingerprint density at radius 3 is 1.32 bits per heavy atom. The molecule has 0 spiro atoms. The largest absolute Gasteiger partial charge is 0.369 e. The lowest BCUT2D eigenvalue weighted by Gasteiger charge is -2.49. The molecule has 2 aliphatic carbocycles. The number of carbonyl (C=O) groups is 2. The van der Waals surface area contributed by atoms with Crippen molar-refractivity contribution >= 4 is 11.7 Å². The minimum absolute atomic E-state index is 0.00609. The van der Waals surface area contributed by atoms with E-state index in [4.69, 9.17) is 5.73 Å². The second-order valence-corrected chi connectivity index (χ2v) is 8.18. The average molecular weight is 367 g/mol. The number of amides is 1. The van der Waals surface area contributed by atoms with E-state index in [2.05, 4.69) is 0 Å². The summed E-state index contributed by atoms with van der Waals surface area (Å²) >= 11 is 0. The zero-order chi connectivity index (χ0) is 19.8. The molecule has 2 saturated carbocycles. The van der Waals surface area contributed by atoms with Crippen LogP contribution in [0, 0.1) is 22.7 Å². The van der Waals surface area contributed by atoms with Crippen LogP contribution in [-0.4, -0.2) is 23.5 Å². The maximum absolute atomic E-state index is 12.7. The minimum Gasteiger partial charge on any atom is -0.369 e. The molecule has 2 rings (SSSR count). The molecule has 0 aromatic rings. The lowest BCUT2D eigenvalue weighted by atomic mass is 9.57. The summed E-state index contributed by atoms with van der Waals surface area (Å²) in [5.74, 6) is -5.96. The fraction of sp³-hybridized carbons (Fsp3) is 0.889. The van der Waals surface area contributed by atoms with Crippen LogP contribution >= 0.6 is 0 Å². The third-order valence-corrected chi connectivity index (χ3v) is 5.87. The Bertz CT molecular complexity index is 513. The predicted octanol–water partition coefficient (Wildman–Crippen LogP) is 4.58. The number of halogens is 4. The first-order chi connectivity index (χ1) is 11.1. The molecule has 0 aliphatic heterocycles. The number of carbonyl (C=O) groups excluding carboxylic acids is 2. The number of primary amides is 1. The Balaban J connectivity index is 0.000000251. The Morgan fingerprint density at radius 1 is 0.840 bits per heavy atom. The highest BCUT2D eigenvalue weighted by molar-refractivity contribution is 5.86. The van der Waals surface area contributed by atoms with Crippen LogP contribution in [0.3, 0.4) is 0 Å². The van der Waals surface area contributed by atoms with Crippen LogP contribution in [0.5, 0.6) is 0 Å². The van der Waals surface area contributed by atoms with Gasteiger partial charge in [-0.25, -0.2) is 17.6 Å². The highest BCUT2D eigenvalue weighted by Crippen LogP contribution is 2.57. The van der Waals surface area contributed by atoms with Gasteiger partial charge in [-0.05, 0) is 11.8 Å². The molecule has 2 N–H and O–H groups in total. The number of rotatable bonds is 5. The first kappa shape index (κ1) is 21.9. The topological polar surface area (TPSA) is 60.2 Å². The van der Waals surface area contributed by atoms with Gasteiger partial charge in [-0.1, -0.05) is 34.6 Å². The van der Waals surface area contributed by atoms with Gasteiger partial charge in [0.25, 0.3) is 0 Å². The molecule has 2 fully saturated rings. The fourth-order valence-corrected chi connectivity index (χ4v) is 3.89. The zero-order valence-corrected chi connectivity index (χ0v) is 15.6. The molecule has 7 heteroatoms. The third-order valence-electron chi connectivity index (χ3n) is 5.87. The van der Waals surface area contributed by atoms with Gasteiger partial charge in [0.1, 0.15) is 5.78 Å². The number of nitrogens with two attached hydrogens (primary N) is 1. The van der Waals surface area contributed by atoms with Gasteiger partial charge >= 0.3 is 0 Å². The van der Waals surface area contributed by atoms with Crippen LogP contribution < -0.4 is 5.73 Å². The van der Waals surface area contributed by atoms with Crippen molar-refractivity contribution in [3.05, 3.63) is 0 Å².